The second-order valence-electron chi connectivity index (χ2n) is 9.24. The Bertz CT molecular complexity index is 1310. The van der Waals surface area contributed by atoms with Crippen molar-refractivity contribution < 1.29 is 9.47 Å². The van der Waals surface area contributed by atoms with Crippen LogP contribution in [0.15, 0.2) is 42.7 Å². The molecule has 0 unspecified atom stereocenters. The summed E-state index contributed by atoms with van der Waals surface area (Å²) in [4.78, 5) is 11.2. The van der Waals surface area contributed by atoms with Crippen molar-refractivity contribution in [3.63, 3.8) is 0 Å². The minimum atomic E-state index is 0.157. The van der Waals surface area contributed by atoms with Gasteiger partial charge in [-0.05, 0) is 67.9 Å². The van der Waals surface area contributed by atoms with E-state index in [1.54, 1.807) is 0 Å². The number of piperidine rings is 1. The van der Waals surface area contributed by atoms with E-state index in [1.807, 2.05) is 10.7 Å². The van der Waals surface area contributed by atoms with Crippen LogP contribution in [-0.2, 0) is 11.3 Å². The molecule has 2 aliphatic heterocycles. The van der Waals surface area contributed by atoms with Gasteiger partial charge in [0.1, 0.15) is 29.7 Å². The molecule has 2 saturated heterocycles. The minimum absolute atomic E-state index is 0.157. The third-order valence-electron chi connectivity index (χ3n) is 6.82. The Morgan fingerprint density at radius 1 is 1.06 bits per heavy atom. The number of nitrogen functional groups attached to an aromatic ring is 1. The molecular weight excluding hydrogens is 416 g/mol. The van der Waals surface area contributed by atoms with Crippen molar-refractivity contribution in [3.8, 4) is 17.0 Å². The number of fused-ring (bicyclic) bond motifs is 2. The number of aromatic nitrogens is 4. The molecule has 6 rings (SSSR count). The van der Waals surface area contributed by atoms with E-state index in [4.69, 9.17) is 20.3 Å². The van der Waals surface area contributed by atoms with Crippen LogP contribution in [-0.4, -0.2) is 64.1 Å². The molecule has 2 aromatic heterocycles. The van der Waals surface area contributed by atoms with Crippen LogP contribution in [0.4, 0.5) is 5.82 Å². The van der Waals surface area contributed by atoms with Gasteiger partial charge in [0.15, 0.2) is 5.65 Å². The first-order chi connectivity index (χ1) is 16.1. The van der Waals surface area contributed by atoms with E-state index >= 15 is 0 Å². The number of likely N-dealkylation sites (tertiary alicyclic amines) is 1. The first-order valence-electron chi connectivity index (χ1n) is 11.6. The maximum Gasteiger partial charge on any atom is 0.163 e. The lowest BCUT2D eigenvalue weighted by atomic mass is 9.97. The van der Waals surface area contributed by atoms with Crippen molar-refractivity contribution in [2.24, 2.45) is 5.92 Å². The van der Waals surface area contributed by atoms with Gasteiger partial charge in [-0.25, -0.2) is 14.6 Å². The Hall–Kier alpha value is -3.23. The third-order valence-corrected chi connectivity index (χ3v) is 6.82. The molecule has 170 valence electrons. The topological polar surface area (TPSA) is 91.3 Å². The fraction of sp³-hybridized carbons (Fsp3) is 0.400. The number of hydrogen-bond acceptors (Lipinski definition) is 7. The van der Waals surface area contributed by atoms with Crippen LogP contribution in [0.25, 0.3) is 33.1 Å². The highest BCUT2D eigenvalue weighted by atomic mass is 16.6. The van der Waals surface area contributed by atoms with Crippen molar-refractivity contribution in [2.75, 3.05) is 39.1 Å². The van der Waals surface area contributed by atoms with E-state index in [0.717, 1.165) is 58.4 Å². The Morgan fingerprint density at radius 2 is 1.85 bits per heavy atom. The fourth-order valence-corrected chi connectivity index (χ4v) is 4.77. The smallest absolute Gasteiger partial charge is 0.163 e. The minimum Gasteiger partial charge on any atom is -0.486 e. The molecule has 4 heterocycles. The molecular formula is C25H28N6O2. The molecule has 0 bridgehead atoms. The van der Waals surface area contributed by atoms with Crippen LogP contribution in [0.2, 0.25) is 0 Å². The van der Waals surface area contributed by atoms with Crippen LogP contribution in [0.1, 0.15) is 12.8 Å². The molecule has 0 radical (unpaired) electrons. The van der Waals surface area contributed by atoms with E-state index in [9.17, 15) is 0 Å². The average molecular weight is 445 g/mol. The maximum atomic E-state index is 6.32. The van der Waals surface area contributed by atoms with Crippen LogP contribution in [0.3, 0.4) is 0 Å². The first kappa shape index (κ1) is 20.4. The Balaban J connectivity index is 1.35. The van der Waals surface area contributed by atoms with E-state index in [2.05, 4.69) is 52.2 Å². The van der Waals surface area contributed by atoms with Crippen LogP contribution in [0, 0.1) is 5.92 Å². The standard InChI is InChI=1S/C25H28N6O2/c1-30-8-6-16(7-9-30)12-31-25-22(24(26)27-15-28-25)23(29-31)19-3-2-18-11-20(5-4-17(18)10-19)33-21-13-32-14-21/h2-5,10-11,15-16,21H,6-9,12-14H2,1H3,(H2,26,27,28). The lowest BCUT2D eigenvalue weighted by molar-refractivity contribution is -0.0796. The summed E-state index contributed by atoms with van der Waals surface area (Å²) in [5.41, 5.74) is 8.98. The second kappa shape index (κ2) is 8.28. The summed E-state index contributed by atoms with van der Waals surface area (Å²) >= 11 is 0. The van der Waals surface area contributed by atoms with Crippen LogP contribution >= 0.6 is 0 Å². The highest BCUT2D eigenvalue weighted by Crippen LogP contribution is 2.34. The highest BCUT2D eigenvalue weighted by Gasteiger charge is 2.23. The predicted molar refractivity (Wildman–Crippen MR) is 128 cm³/mol. The van der Waals surface area contributed by atoms with Gasteiger partial charge < -0.3 is 20.1 Å². The van der Waals surface area contributed by atoms with Gasteiger partial charge >= 0.3 is 0 Å². The average Bonchev–Trinajstić information content (AvgIpc) is 3.17. The third kappa shape index (κ3) is 3.89. The summed E-state index contributed by atoms with van der Waals surface area (Å²) in [6, 6.07) is 12.5. The number of benzene rings is 2. The van der Waals surface area contributed by atoms with Gasteiger partial charge in [0, 0.05) is 12.1 Å². The lowest BCUT2D eigenvalue weighted by Gasteiger charge is -2.28. The highest BCUT2D eigenvalue weighted by molar-refractivity contribution is 6.00. The van der Waals surface area contributed by atoms with Crippen molar-refractivity contribution in [1.82, 2.24) is 24.6 Å². The summed E-state index contributed by atoms with van der Waals surface area (Å²) in [5.74, 6) is 1.93. The second-order valence-corrected chi connectivity index (χ2v) is 9.24. The zero-order valence-electron chi connectivity index (χ0n) is 18.8. The predicted octanol–water partition coefficient (Wildman–Crippen LogP) is 3.35. The fourth-order valence-electron chi connectivity index (χ4n) is 4.77. The molecule has 0 amide bonds. The summed E-state index contributed by atoms with van der Waals surface area (Å²) in [7, 11) is 2.18. The summed E-state index contributed by atoms with van der Waals surface area (Å²) in [5, 5.41) is 8.07. The molecule has 0 saturated carbocycles. The summed E-state index contributed by atoms with van der Waals surface area (Å²) in [6.07, 6.45) is 4.02. The molecule has 0 aliphatic carbocycles. The van der Waals surface area contributed by atoms with Crippen LogP contribution < -0.4 is 10.5 Å². The summed E-state index contributed by atoms with van der Waals surface area (Å²) in [6.45, 7) is 4.41. The molecule has 8 heteroatoms. The molecule has 8 nitrogen and oxygen atoms in total. The van der Waals surface area contributed by atoms with Gasteiger partial charge in [-0.15, -0.1) is 0 Å². The van der Waals surface area contributed by atoms with E-state index in [-0.39, 0.29) is 6.10 Å². The molecule has 0 spiro atoms. The van der Waals surface area contributed by atoms with E-state index in [0.29, 0.717) is 24.9 Å². The number of ether oxygens (including phenoxy) is 2. The number of hydrogen-bond donors (Lipinski definition) is 1. The number of nitrogens with zero attached hydrogens (tertiary/aromatic N) is 5. The normalized spacial score (nSPS) is 18.1. The SMILES string of the molecule is CN1CCC(Cn2nc(-c3ccc4cc(OC5COC5)ccc4c3)c3c(N)ncnc32)CC1. The Labute approximate surface area is 192 Å². The van der Waals surface area contributed by atoms with Crippen molar-refractivity contribution in [2.45, 2.75) is 25.5 Å². The summed E-state index contributed by atoms with van der Waals surface area (Å²) < 4.78 is 13.2. The maximum absolute atomic E-state index is 6.32. The van der Waals surface area contributed by atoms with E-state index < -0.39 is 0 Å². The zero-order chi connectivity index (χ0) is 22.4. The Morgan fingerprint density at radius 3 is 2.64 bits per heavy atom. The van der Waals surface area contributed by atoms with Gasteiger partial charge in [0.25, 0.3) is 0 Å². The molecule has 4 aromatic rings. The van der Waals surface area contributed by atoms with Crippen molar-refractivity contribution >= 4 is 27.6 Å². The van der Waals surface area contributed by atoms with Gasteiger partial charge in [-0.3, -0.25) is 0 Å². The zero-order valence-corrected chi connectivity index (χ0v) is 18.8. The largest absolute Gasteiger partial charge is 0.486 e. The monoisotopic (exact) mass is 444 g/mol. The number of rotatable bonds is 5. The van der Waals surface area contributed by atoms with Gasteiger partial charge in [-0.2, -0.15) is 5.10 Å². The number of anilines is 1. The molecule has 0 atom stereocenters. The first-order valence-corrected chi connectivity index (χ1v) is 11.6. The lowest BCUT2D eigenvalue weighted by Crippen LogP contribution is -2.38. The number of nitrogens with two attached hydrogens (primary N) is 1. The Kier molecular flexibility index (Phi) is 5.11. The van der Waals surface area contributed by atoms with Crippen molar-refractivity contribution in [3.05, 3.63) is 42.7 Å². The van der Waals surface area contributed by atoms with Crippen LogP contribution in [0.5, 0.6) is 5.75 Å². The molecule has 2 fully saturated rings. The molecule has 2 N–H and O–H groups in total. The van der Waals surface area contributed by atoms with Crippen molar-refractivity contribution in [1.29, 1.82) is 0 Å². The van der Waals surface area contributed by atoms with Gasteiger partial charge in [0.05, 0.1) is 18.6 Å². The van der Waals surface area contributed by atoms with E-state index in [1.165, 1.54) is 19.2 Å². The quantitative estimate of drug-likeness (QED) is 0.505. The molecule has 2 aliphatic rings. The van der Waals surface area contributed by atoms with Gasteiger partial charge in [-0.1, -0.05) is 18.2 Å². The molecule has 33 heavy (non-hydrogen) atoms. The van der Waals surface area contributed by atoms with Gasteiger partial charge in [0.2, 0.25) is 0 Å². The molecule has 2 aromatic carbocycles.